The summed E-state index contributed by atoms with van der Waals surface area (Å²) in [5, 5.41) is 3.38. The van der Waals surface area contributed by atoms with Gasteiger partial charge in [0.1, 0.15) is 11.6 Å². The smallest absolute Gasteiger partial charge is 0.224 e. The van der Waals surface area contributed by atoms with E-state index in [9.17, 15) is 0 Å². The minimum atomic E-state index is 0.248. The molecule has 0 spiro atoms. The zero-order valence-electron chi connectivity index (χ0n) is 7.94. The number of imidazole rings is 1. The Balaban J connectivity index is 1.83. The second kappa shape index (κ2) is 4.75. The van der Waals surface area contributed by atoms with Crippen molar-refractivity contribution in [3.8, 4) is 0 Å². The molecule has 0 aliphatic rings. The number of aromatic nitrogens is 4. The van der Waals surface area contributed by atoms with E-state index in [1.54, 1.807) is 24.7 Å². The minimum absolute atomic E-state index is 0.248. The molecule has 6 heteroatoms. The molecule has 2 heterocycles. The van der Waals surface area contributed by atoms with Crippen molar-refractivity contribution in [3.63, 3.8) is 0 Å². The summed E-state index contributed by atoms with van der Waals surface area (Å²) in [5.41, 5.74) is 0. The van der Waals surface area contributed by atoms with Gasteiger partial charge in [-0.25, -0.2) is 15.0 Å². The van der Waals surface area contributed by atoms with E-state index in [1.807, 2.05) is 0 Å². The first-order chi connectivity index (χ1) is 7.34. The molecule has 0 amide bonds. The number of hydrogen-bond donors (Lipinski definition) is 2. The molecule has 2 aromatic heterocycles. The lowest BCUT2D eigenvalue weighted by molar-refractivity contribution is 0.920. The number of rotatable bonds is 4. The van der Waals surface area contributed by atoms with Gasteiger partial charge in [-0.3, -0.25) is 0 Å². The van der Waals surface area contributed by atoms with Crippen molar-refractivity contribution in [1.82, 2.24) is 19.9 Å². The lowest BCUT2D eigenvalue weighted by atomic mass is 10.4. The summed E-state index contributed by atoms with van der Waals surface area (Å²) in [6, 6.07) is 1.77. The van der Waals surface area contributed by atoms with Gasteiger partial charge in [0, 0.05) is 31.6 Å². The highest BCUT2D eigenvalue weighted by Crippen LogP contribution is 2.05. The molecule has 0 radical (unpaired) electrons. The summed E-state index contributed by atoms with van der Waals surface area (Å²) < 4.78 is 0. The second-order valence-electron chi connectivity index (χ2n) is 2.92. The minimum Gasteiger partial charge on any atom is -0.369 e. The summed E-state index contributed by atoms with van der Waals surface area (Å²) in [7, 11) is 0. The largest absolute Gasteiger partial charge is 0.369 e. The average Bonchev–Trinajstić information content (AvgIpc) is 2.71. The van der Waals surface area contributed by atoms with Crippen LogP contribution in [0.25, 0.3) is 0 Å². The van der Waals surface area contributed by atoms with Crippen LogP contribution in [-0.4, -0.2) is 26.5 Å². The second-order valence-corrected chi connectivity index (χ2v) is 3.26. The van der Waals surface area contributed by atoms with E-state index in [-0.39, 0.29) is 5.28 Å². The molecule has 5 nitrogen and oxygen atoms in total. The first kappa shape index (κ1) is 9.92. The van der Waals surface area contributed by atoms with Gasteiger partial charge >= 0.3 is 0 Å². The molecule has 0 fully saturated rings. The summed E-state index contributed by atoms with van der Waals surface area (Å²) >= 11 is 5.64. The summed E-state index contributed by atoms with van der Waals surface area (Å²) in [4.78, 5) is 14.9. The van der Waals surface area contributed by atoms with Crippen LogP contribution in [0.3, 0.4) is 0 Å². The standard InChI is InChI=1S/C9H10ClN5/c10-9-14-4-2-8(15-9)11-3-1-7-12-5-6-13-7/h2,4-6H,1,3H2,(H,12,13)(H,11,14,15). The van der Waals surface area contributed by atoms with Gasteiger partial charge < -0.3 is 10.3 Å². The summed E-state index contributed by atoms with van der Waals surface area (Å²) in [6.45, 7) is 0.751. The maximum absolute atomic E-state index is 5.64. The molecule has 0 unspecified atom stereocenters. The highest BCUT2D eigenvalue weighted by molar-refractivity contribution is 6.28. The van der Waals surface area contributed by atoms with Crippen molar-refractivity contribution < 1.29 is 0 Å². The molecular weight excluding hydrogens is 214 g/mol. The number of H-pyrrole nitrogens is 1. The van der Waals surface area contributed by atoms with Crippen LogP contribution in [0.5, 0.6) is 0 Å². The van der Waals surface area contributed by atoms with Crippen LogP contribution in [0.1, 0.15) is 5.82 Å². The van der Waals surface area contributed by atoms with Gasteiger partial charge in [-0.2, -0.15) is 0 Å². The predicted octanol–water partition coefficient (Wildman–Crippen LogP) is 1.51. The van der Waals surface area contributed by atoms with Gasteiger partial charge in [-0.15, -0.1) is 0 Å². The van der Waals surface area contributed by atoms with Crippen molar-refractivity contribution in [2.45, 2.75) is 6.42 Å². The molecule has 15 heavy (non-hydrogen) atoms. The molecule has 0 saturated heterocycles. The predicted molar refractivity (Wildman–Crippen MR) is 57.8 cm³/mol. The van der Waals surface area contributed by atoms with Crippen molar-refractivity contribution in [3.05, 3.63) is 35.8 Å². The zero-order chi connectivity index (χ0) is 10.5. The van der Waals surface area contributed by atoms with Crippen molar-refractivity contribution in [2.24, 2.45) is 0 Å². The lowest BCUT2D eigenvalue weighted by Crippen LogP contribution is -2.07. The molecule has 78 valence electrons. The van der Waals surface area contributed by atoms with Gasteiger partial charge in [-0.05, 0) is 17.7 Å². The fraction of sp³-hybridized carbons (Fsp3) is 0.222. The number of halogens is 1. The topological polar surface area (TPSA) is 66.5 Å². The normalized spacial score (nSPS) is 10.2. The fourth-order valence-electron chi connectivity index (χ4n) is 1.18. The molecule has 0 saturated carbocycles. The third-order valence-electron chi connectivity index (χ3n) is 1.85. The Morgan fingerprint density at radius 3 is 3.00 bits per heavy atom. The Kier molecular flexibility index (Phi) is 3.14. The van der Waals surface area contributed by atoms with E-state index >= 15 is 0 Å². The molecule has 2 aromatic rings. The molecule has 0 aliphatic carbocycles. The Labute approximate surface area is 91.9 Å². The Hall–Kier alpha value is -1.62. The molecule has 2 rings (SSSR count). The summed E-state index contributed by atoms with van der Waals surface area (Å²) in [6.07, 6.45) is 5.97. The van der Waals surface area contributed by atoms with Gasteiger partial charge in [0.05, 0.1) is 0 Å². The number of hydrogen-bond acceptors (Lipinski definition) is 4. The number of aromatic amines is 1. The van der Waals surface area contributed by atoms with Gasteiger partial charge in [0.2, 0.25) is 5.28 Å². The van der Waals surface area contributed by atoms with E-state index in [1.165, 1.54) is 0 Å². The van der Waals surface area contributed by atoms with E-state index < -0.39 is 0 Å². The lowest BCUT2D eigenvalue weighted by Gasteiger charge is -2.03. The quantitative estimate of drug-likeness (QED) is 0.771. The Morgan fingerprint density at radius 1 is 1.33 bits per heavy atom. The highest BCUT2D eigenvalue weighted by atomic mass is 35.5. The monoisotopic (exact) mass is 223 g/mol. The van der Waals surface area contributed by atoms with Crippen LogP contribution in [0.15, 0.2) is 24.7 Å². The van der Waals surface area contributed by atoms with E-state index in [0.29, 0.717) is 0 Å². The van der Waals surface area contributed by atoms with Crippen molar-refractivity contribution in [1.29, 1.82) is 0 Å². The van der Waals surface area contributed by atoms with Crippen LogP contribution in [-0.2, 0) is 6.42 Å². The van der Waals surface area contributed by atoms with Crippen LogP contribution in [0.4, 0.5) is 5.82 Å². The van der Waals surface area contributed by atoms with Crippen LogP contribution >= 0.6 is 11.6 Å². The number of anilines is 1. The van der Waals surface area contributed by atoms with Crippen LogP contribution in [0.2, 0.25) is 5.28 Å². The van der Waals surface area contributed by atoms with Crippen LogP contribution < -0.4 is 5.32 Å². The fourth-order valence-corrected chi connectivity index (χ4v) is 1.32. The van der Waals surface area contributed by atoms with E-state index in [0.717, 1.165) is 24.6 Å². The Morgan fingerprint density at radius 2 is 2.27 bits per heavy atom. The maximum Gasteiger partial charge on any atom is 0.224 e. The van der Waals surface area contributed by atoms with Gasteiger partial charge in [0.25, 0.3) is 0 Å². The van der Waals surface area contributed by atoms with Crippen molar-refractivity contribution >= 4 is 17.4 Å². The third kappa shape index (κ3) is 2.92. The van der Waals surface area contributed by atoms with E-state index in [4.69, 9.17) is 11.6 Å². The average molecular weight is 224 g/mol. The van der Waals surface area contributed by atoms with E-state index in [2.05, 4.69) is 25.3 Å². The highest BCUT2D eigenvalue weighted by Gasteiger charge is 1.97. The molecule has 0 aromatic carbocycles. The maximum atomic E-state index is 5.64. The van der Waals surface area contributed by atoms with Gasteiger partial charge in [0.15, 0.2) is 0 Å². The zero-order valence-corrected chi connectivity index (χ0v) is 8.70. The molecule has 2 N–H and O–H groups in total. The molecule has 0 atom stereocenters. The first-order valence-corrected chi connectivity index (χ1v) is 4.93. The SMILES string of the molecule is Clc1nccc(NCCc2ncc[nH]2)n1. The first-order valence-electron chi connectivity index (χ1n) is 4.55. The Bertz CT molecular complexity index is 414. The number of nitrogens with one attached hydrogen (secondary N) is 2. The van der Waals surface area contributed by atoms with Crippen LogP contribution in [0, 0.1) is 0 Å². The third-order valence-corrected chi connectivity index (χ3v) is 2.03. The van der Waals surface area contributed by atoms with Gasteiger partial charge in [-0.1, -0.05) is 0 Å². The van der Waals surface area contributed by atoms with Crippen molar-refractivity contribution in [2.75, 3.05) is 11.9 Å². The molecule has 0 aliphatic heterocycles. The molecule has 0 bridgehead atoms. The molecular formula is C9H10ClN5. The summed E-state index contributed by atoms with van der Waals surface area (Å²) in [5.74, 6) is 1.67. The number of nitrogens with zero attached hydrogens (tertiary/aromatic N) is 3.